The third-order valence-corrected chi connectivity index (χ3v) is 4.97. The van der Waals surface area contributed by atoms with Crippen LogP contribution in [0.15, 0.2) is 42.5 Å². The van der Waals surface area contributed by atoms with Crippen molar-refractivity contribution < 1.29 is 19.0 Å². The van der Waals surface area contributed by atoms with Crippen LogP contribution in [0, 0.1) is 0 Å². The van der Waals surface area contributed by atoms with Crippen LogP contribution in [0.4, 0.5) is 5.69 Å². The summed E-state index contributed by atoms with van der Waals surface area (Å²) in [6.45, 7) is 5.58. The molecular formula is C22H28N2O4. The van der Waals surface area contributed by atoms with Crippen LogP contribution in [0.1, 0.15) is 12.5 Å². The van der Waals surface area contributed by atoms with Crippen molar-refractivity contribution in [3.05, 3.63) is 48.0 Å². The second-order valence-electron chi connectivity index (χ2n) is 6.62. The number of rotatable bonds is 7. The lowest BCUT2D eigenvalue weighted by Gasteiger charge is -2.36. The van der Waals surface area contributed by atoms with Crippen LogP contribution < -0.4 is 19.1 Å². The average molecular weight is 384 g/mol. The van der Waals surface area contributed by atoms with Crippen molar-refractivity contribution in [2.45, 2.75) is 13.3 Å². The molecule has 0 unspecified atom stereocenters. The van der Waals surface area contributed by atoms with Crippen LogP contribution in [-0.4, -0.2) is 57.8 Å². The molecule has 0 bridgehead atoms. The van der Waals surface area contributed by atoms with Crippen molar-refractivity contribution in [2.24, 2.45) is 0 Å². The predicted octanol–water partition coefficient (Wildman–Crippen LogP) is 2.99. The summed E-state index contributed by atoms with van der Waals surface area (Å²) in [6.07, 6.45) is 0.322. The lowest BCUT2D eigenvalue weighted by Crippen LogP contribution is -2.49. The maximum absolute atomic E-state index is 12.8. The van der Waals surface area contributed by atoms with E-state index in [2.05, 4.69) is 11.0 Å². The number of ether oxygens (including phenoxy) is 3. The number of hydrogen-bond donors (Lipinski definition) is 0. The second kappa shape index (κ2) is 9.35. The molecule has 0 aromatic heterocycles. The fraction of sp³-hybridized carbons (Fsp3) is 0.409. The molecule has 0 aliphatic carbocycles. The van der Waals surface area contributed by atoms with Gasteiger partial charge in [0.25, 0.3) is 0 Å². The standard InChI is InChI=1S/C22H28N2O4/c1-4-28-20-8-6-5-7-19(20)23-11-13-24(14-12-23)22(25)15-17-9-10-18(26-2)16-21(17)27-3/h5-10,16H,4,11-15H2,1-3H3. The van der Waals surface area contributed by atoms with Gasteiger partial charge in [-0.1, -0.05) is 18.2 Å². The summed E-state index contributed by atoms with van der Waals surface area (Å²) in [7, 11) is 3.22. The number of piperazine rings is 1. The van der Waals surface area contributed by atoms with Crippen molar-refractivity contribution in [2.75, 3.05) is 51.9 Å². The minimum absolute atomic E-state index is 0.112. The maximum atomic E-state index is 12.8. The predicted molar refractivity (Wildman–Crippen MR) is 110 cm³/mol. The van der Waals surface area contributed by atoms with Gasteiger partial charge in [0.1, 0.15) is 17.2 Å². The minimum atomic E-state index is 0.112. The van der Waals surface area contributed by atoms with Crippen molar-refractivity contribution in [1.29, 1.82) is 0 Å². The second-order valence-corrected chi connectivity index (χ2v) is 6.62. The van der Waals surface area contributed by atoms with Gasteiger partial charge in [-0.25, -0.2) is 0 Å². The molecular weight excluding hydrogens is 356 g/mol. The molecule has 2 aromatic rings. The molecule has 1 heterocycles. The average Bonchev–Trinajstić information content (AvgIpc) is 2.74. The first-order valence-electron chi connectivity index (χ1n) is 9.61. The van der Waals surface area contributed by atoms with Gasteiger partial charge < -0.3 is 24.0 Å². The van der Waals surface area contributed by atoms with Crippen LogP contribution in [0.3, 0.4) is 0 Å². The molecule has 0 saturated carbocycles. The van der Waals surface area contributed by atoms with Gasteiger partial charge in [-0.2, -0.15) is 0 Å². The number of nitrogens with zero attached hydrogens (tertiary/aromatic N) is 2. The van der Waals surface area contributed by atoms with E-state index in [-0.39, 0.29) is 5.91 Å². The van der Waals surface area contributed by atoms with E-state index in [0.29, 0.717) is 31.9 Å². The molecule has 6 heteroatoms. The molecule has 0 N–H and O–H groups in total. The van der Waals surface area contributed by atoms with Gasteiger partial charge in [0.05, 0.1) is 32.9 Å². The molecule has 1 aliphatic heterocycles. The Hall–Kier alpha value is -2.89. The Kier molecular flexibility index (Phi) is 6.63. The molecule has 0 radical (unpaired) electrons. The molecule has 0 spiro atoms. The van der Waals surface area contributed by atoms with E-state index in [1.807, 2.05) is 48.2 Å². The Morgan fingerprint density at radius 2 is 1.71 bits per heavy atom. The van der Waals surface area contributed by atoms with E-state index in [1.54, 1.807) is 14.2 Å². The summed E-state index contributed by atoms with van der Waals surface area (Å²) < 4.78 is 16.4. The van der Waals surface area contributed by atoms with Gasteiger partial charge in [0.15, 0.2) is 0 Å². The largest absolute Gasteiger partial charge is 0.497 e. The molecule has 1 amide bonds. The summed E-state index contributed by atoms with van der Waals surface area (Å²) in [5, 5.41) is 0. The van der Waals surface area contributed by atoms with E-state index in [4.69, 9.17) is 14.2 Å². The number of hydrogen-bond acceptors (Lipinski definition) is 5. The fourth-order valence-corrected chi connectivity index (χ4v) is 3.47. The third kappa shape index (κ3) is 4.50. The Morgan fingerprint density at radius 1 is 0.964 bits per heavy atom. The first-order chi connectivity index (χ1) is 13.7. The van der Waals surface area contributed by atoms with Crippen LogP contribution in [0.5, 0.6) is 17.2 Å². The monoisotopic (exact) mass is 384 g/mol. The zero-order valence-electron chi connectivity index (χ0n) is 16.8. The van der Waals surface area contributed by atoms with Gasteiger partial charge in [-0.15, -0.1) is 0 Å². The lowest BCUT2D eigenvalue weighted by atomic mass is 10.1. The van der Waals surface area contributed by atoms with Gasteiger partial charge >= 0.3 is 0 Å². The van der Waals surface area contributed by atoms with E-state index >= 15 is 0 Å². The number of anilines is 1. The minimum Gasteiger partial charge on any atom is -0.497 e. The Labute approximate surface area is 166 Å². The molecule has 0 atom stereocenters. The van der Waals surface area contributed by atoms with Crippen LogP contribution in [0.2, 0.25) is 0 Å². The van der Waals surface area contributed by atoms with Crippen LogP contribution in [-0.2, 0) is 11.2 Å². The molecule has 2 aromatic carbocycles. The molecule has 6 nitrogen and oxygen atoms in total. The summed E-state index contributed by atoms with van der Waals surface area (Å²) in [6, 6.07) is 13.6. The summed E-state index contributed by atoms with van der Waals surface area (Å²) in [5.41, 5.74) is 1.96. The van der Waals surface area contributed by atoms with Crippen LogP contribution >= 0.6 is 0 Å². The zero-order valence-corrected chi connectivity index (χ0v) is 16.8. The Bertz CT molecular complexity index is 801. The summed E-state index contributed by atoms with van der Waals surface area (Å²) in [5.74, 6) is 2.40. The number of amides is 1. The van der Waals surface area contributed by atoms with E-state index in [9.17, 15) is 4.79 Å². The van der Waals surface area contributed by atoms with Gasteiger partial charge in [0.2, 0.25) is 5.91 Å². The van der Waals surface area contributed by atoms with E-state index < -0.39 is 0 Å². The molecule has 28 heavy (non-hydrogen) atoms. The number of para-hydroxylation sites is 2. The SMILES string of the molecule is CCOc1ccccc1N1CCN(C(=O)Cc2ccc(OC)cc2OC)CC1. The van der Waals surface area contributed by atoms with Crippen LogP contribution in [0.25, 0.3) is 0 Å². The van der Waals surface area contributed by atoms with Gasteiger partial charge in [-0.3, -0.25) is 4.79 Å². The zero-order chi connectivity index (χ0) is 19.9. The fourth-order valence-electron chi connectivity index (χ4n) is 3.47. The third-order valence-electron chi connectivity index (χ3n) is 4.97. The molecule has 1 aliphatic rings. The highest BCUT2D eigenvalue weighted by Gasteiger charge is 2.23. The van der Waals surface area contributed by atoms with Gasteiger partial charge in [-0.05, 0) is 25.1 Å². The number of carbonyl (C=O) groups excluding carboxylic acids is 1. The maximum Gasteiger partial charge on any atom is 0.227 e. The highest BCUT2D eigenvalue weighted by Crippen LogP contribution is 2.29. The summed E-state index contributed by atoms with van der Waals surface area (Å²) in [4.78, 5) is 17.0. The lowest BCUT2D eigenvalue weighted by molar-refractivity contribution is -0.130. The smallest absolute Gasteiger partial charge is 0.227 e. The van der Waals surface area contributed by atoms with Crippen molar-refractivity contribution >= 4 is 11.6 Å². The molecule has 3 rings (SSSR count). The topological polar surface area (TPSA) is 51.2 Å². The summed E-state index contributed by atoms with van der Waals surface area (Å²) >= 11 is 0. The van der Waals surface area contributed by atoms with Gasteiger partial charge in [0, 0.05) is 37.8 Å². The first kappa shape index (κ1) is 19.9. The highest BCUT2D eigenvalue weighted by molar-refractivity contribution is 5.80. The molecule has 150 valence electrons. The Morgan fingerprint density at radius 3 is 2.39 bits per heavy atom. The van der Waals surface area contributed by atoms with Crippen molar-refractivity contribution in [3.63, 3.8) is 0 Å². The number of benzene rings is 2. The van der Waals surface area contributed by atoms with E-state index in [1.165, 1.54) is 0 Å². The first-order valence-corrected chi connectivity index (χ1v) is 9.61. The normalized spacial score (nSPS) is 14.0. The van der Waals surface area contributed by atoms with Crippen molar-refractivity contribution in [1.82, 2.24) is 4.90 Å². The highest BCUT2D eigenvalue weighted by atomic mass is 16.5. The van der Waals surface area contributed by atoms with Crippen molar-refractivity contribution in [3.8, 4) is 17.2 Å². The number of methoxy groups -OCH3 is 2. The molecule has 1 saturated heterocycles. The quantitative estimate of drug-likeness (QED) is 0.735. The Balaban J connectivity index is 1.62. The molecule has 1 fully saturated rings. The van der Waals surface area contributed by atoms with E-state index in [0.717, 1.165) is 35.8 Å². The number of carbonyl (C=O) groups is 1.